The van der Waals surface area contributed by atoms with Crippen LogP contribution < -0.4 is 14.2 Å². The van der Waals surface area contributed by atoms with Gasteiger partial charge in [0.05, 0.1) is 31.8 Å². The lowest BCUT2D eigenvalue weighted by Gasteiger charge is -2.36. The number of hydrogen-bond acceptors (Lipinski definition) is 5. The van der Waals surface area contributed by atoms with E-state index in [1.54, 1.807) is 14.2 Å². The first-order valence-corrected chi connectivity index (χ1v) is 11.9. The molecule has 0 heterocycles. The van der Waals surface area contributed by atoms with Gasteiger partial charge in [0.2, 0.25) is 0 Å². The zero-order valence-corrected chi connectivity index (χ0v) is 19.9. The van der Waals surface area contributed by atoms with Crippen molar-refractivity contribution in [2.75, 3.05) is 14.2 Å². The molecule has 5 nitrogen and oxygen atoms in total. The van der Waals surface area contributed by atoms with Crippen LogP contribution in [0, 0.1) is 24.2 Å². The Kier molecular flexibility index (Phi) is 6.93. The second kappa shape index (κ2) is 9.87. The van der Waals surface area contributed by atoms with Crippen molar-refractivity contribution in [3.8, 4) is 23.3 Å². The third-order valence-corrected chi connectivity index (χ3v) is 7.33. The molecule has 4 rings (SSSR count). The van der Waals surface area contributed by atoms with Gasteiger partial charge in [0.1, 0.15) is 11.5 Å². The number of carbonyl (C=O) groups is 1. The lowest BCUT2D eigenvalue weighted by molar-refractivity contribution is -0.125. The zero-order chi connectivity index (χ0) is 23.4. The highest BCUT2D eigenvalue weighted by Crippen LogP contribution is 2.44. The van der Waals surface area contributed by atoms with Crippen molar-refractivity contribution >= 4 is 5.78 Å². The topological polar surface area (TPSA) is 68.6 Å². The number of Topliss-reactive ketones (excluding diaryl/α,β-unsaturated/α-hetero) is 1. The number of nitriles is 1. The Labute approximate surface area is 196 Å². The zero-order valence-electron chi connectivity index (χ0n) is 19.9. The van der Waals surface area contributed by atoms with Crippen molar-refractivity contribution in [2.24, 2.45) is 5.92 Å². The van der Waals surface area contributed by atoms with Crippen molar-refractivity contribution < 1.29 is 19.0 Å². The van der Waals surface area contributed by atoms with Gasteiger partial charge in [0.15, 0.2) is 11.5 Å². The molecular formula is C28H33NO4. The number of carbonyl (C=O) groups excluding carboxylic acids is 1. The SMILES string of the molecule is COc1cc(CC2CC(C#N)(c3ccc(OC)c(OC4CCCC4)c3)CCC2=O)ccc1C. The van der Waals surface area contributed by atoms with Crippen LogP contribution in [0.5, 0.6) is 17.2 Å². The summed E-state index contributed by atoms with van der Waals surface area (Å²) in [6, 6.07) is 14.5. The van der Waals surface area contributed by atoms with Gasteiger partial charge >= 0.3 is 0 Å². The smallest absolute Gasteiger partial charge is 0.161 e. The van der Waals surface area contributed by atoms with Crippen LogP contribution in [-0.2, 0) is 16.6 Å². The first-order chi connectivity index (χ1) is 16.0. The maximum Gasteiger partial charge on any atom is 0.161 e. The molecule has 0 aromatic heterocycles. The third kappa shape index (κ3) is 4.85. The Balaban J connectivity index is 1.60. The van der Waals surface area contributed by atoms with E-state index in [0.717, 1.165) is 35.3 Å². The minimum Gasteiger partial charge on any atom is -0.496 e. The van der Waals surface area contributed by atoms with E-state index in [1.807, 2.05) is 37.3 Å². The number of aryl methyl sites for hydroxylation is 1. The lowest BCUT2D eigenvalue weighted by atomic mass is 9.65. The summed E-state index contributed by atoms with van der Waals surface area (Å²) in [7, 11) is 3.30. The van der Waals surface area contributed by atoms with Gasteiger partial charge in [-0.25, -0.2) is 0 Å². The third-order valence-electron chi connectivity index (χ3n) is 7.33. The maximum atomic E-state index is 12.9. The van der Waals surface area contributed by atoms with E-state index in [0.29, 0.717) is 37.2 Å². The molecule has 0 bridgehead atoms. The Hall–Kier alpha value is -3.00. The molecule has 0 N–H and O–H groups in total. The van der Waals surface area contributed by atoms with E-state index in [9.17, 15) is 10.1 Å². The molecule has 2 aliphatic carbocycles. The van der Waals surface area contributed by atoms with Crippen LogP contribution in [0.4, 0.5) is 0 Å². The van der Waals surface area contributed by atoms with Crippen LogP contribution in [0.25, 0.3) is 0 Å². The van der Waals surface area contributed by atoms with Crippen molar-refractivity contribution in [1.82, 2.24) is 0 Å². The van der Waals surface area contributed by atoms with E-state index in [2.05, 4.69) is 12.1 Å². The molecule has 174 valence electrons. The predicted octanol–water partition coefficient (Wildman–Crippen LogP) is 5.71. The molecule has 0 aliphatic heterocycles. The number of methoxy groups -OCH3 is 2. The van der Waals surface area contributed by atoms with Gasteiger partial charge in [0.25, 0.3) is 0 Å². The Bertz CT molecular complexity index is 1050. The summed E-state index contributed by atoms with van der Waals surface area (Å²) in [5.41, 5.74) is 2.32. The lowest BCUT2D eigenvalue weighted by Crippen LogP contribution is -2.37. The summed E-state index contributed by atoms with van der Waals surface area (Å²) < 4.78 is 17.3. The van der Waals surface area contributed by atoms with E-state index >= 15 is 0 Å². The number of benzene rings is 2. The molecule has 2 aliphatic rings. The standard InChI is InChI=1S/C28H33NO4/c1-19-8-9-20(15-26(19)32-3)14-21-17-28(18-29,13-12-24(21)30)22-10-11-25(31-2)27(16-22)33-23-6-4-5-7-23/h8-11,15-16,21,23H,4-7,12-14,17H2,1-3H3. The Morgan fingerprint density at radius 3 is 2.48 bits per heavy atom. The number of ether oxygens (including phenoxy) is 3. The van der Waals surface area contributed by atoms with Gasteiger partial charge in [0, 0.05) is 12.3 Å². The van der Waals surface area contributed by atoms with Gasteiger partial charge in [-0.3, -0.25) is 4.79 Å². The van der Waals surface area contributed by atoms with E-state index in [-0.39, 0.29) is 17.8 Å². The minimum atomic E-state index is -0.715. The normalized spacial score (nSPS) is 23.2. The average Bonchev–Trinajstić information content (AvgIpc) is 3.35. The number of rotatable bonds is 7. The predicted molar refractivity (Wildman–Crippen MR) is 127 cm³/mol. The quantitative estimate of drug-likeness (QED) is 0.544. The number of hydrogen-bond donors (Lipinski definition) is 0. The Morgan fingerprint density at radius 1 is 1.03 bits per heavy atom. The maximum absolute atomic E-state index is 12.9. The fraction of sp³-hybridized carbons (Fsp3) is 0.500. The fourth-order valence-electron chi connectivity index (χ4n) is 5.32. The van der Waals surface area contributed by atoms with Crippen molar-refractivity contribution in [3.63, 3.8) is 0 Å². The van der Waals surface area contributed by atoms with Crippen molar-refractivity contribution in [1.29, 1.82) is 5.26 Å². The molecule has 2 unspecified atom stereocenters. The molecule has 2 fully saturated rings. The Morgan fingerprint density at radius 2 is 1.79 bits per heavy atom. The molecule has 2 aromatic rings. The number of nitrogens with zero attached hydrogens (tertiary/aromatic N) is 1. The molecule has 0 saturated heterocycles. The first-order valence-electron chi connectivity index (χ1n) is 11.9. The molecule has 2 aromatic carbocycles. The average molecular weight is 448 g/mol. The largest absolute Gasteiger partial charge is 0.496 e. The van der Waals surface area contributed by atoms with Gasteiger partial charge in [-0.2, -0.15) is 5.26 Å². The van der Waals surface area contributed by atoms with Crippen LogP contribution in [-0.4, -0.2) is 26.1 Å². The molecule has 2 atom stereocenters. The summed E-state index contributed by atoms with van der Waals surface area (Å²) in [5, 5.41) is 10.3. The molecule has 0 amide bonds. The molecule has 2 saturated carbocycles. The van der Waals surface area contributed by atoms with Gasteiger partial charge in [-0.1, -0.05) is 18.2 Å². The van der Waals surface area contributed by atoms with E-state index in [4.69, 9.17) is 14.2 Å². The molecule has 5 heteroatoms. The summed E-state index contributed by atoms with van der Waals surface area (Å²) >= 11 is 0. The molecule has 0 spiro atoms. The molecule has 0 radical (unpaired) electrons. The van der Waals surface area contributed by atoms with E-state index in [1.165, 1.54) is 12.8 Å². The summed E-state index contributed by atoms with van der Waals surface area (Å²) in [4.78, 5) is 12.9. The van der Waals surface area contributed by atoms with Crippen molar-refractivity contribution in [2.45, 2.75) is 69.8 Å². The van der Waals surface area contributed by atoms with E-state index < -0.39 is 5.41 Å². The van der Waals surface area contributed by atoms with Crippen LogP contribution >= 0.6 is 0 Å². The van der Waals surface area contributed by atoms with Crippen LogP contribution in [0.2, 0.25) is 0 Å². The van der Waals surface area contributed by atoms with Crippen LogP contribution in [0.1, 0.15) is 61.6 Å². The highest BCUT2D eigenvalue weighted by molar-refractivity contribution is 5.83. The highest BCUT2D eigenvalue weighted by Gasteiger charge is 2.42. The van der Waals surface area contributed by atoms with Crippen LogP contribution in [0.15, 0.2) is 36.4 Å². The second-order valence-electron chi connectivity index (χ2n) is 9.46. The van der Waals surface area contributed by atoms with Gasteiger partial charge in [-0.15, -0.1) is 0 Å². The van der Waals surface area contributed by atoms with Gasteiger partial charge < -0.3 is 14.2 Å². The van der Waals surface area contributed by atoms with Crippen molar-refractivity contribution in [3.05, 3.63) is 53.1 Å². The molecular weight excluding hydrogens is 414 g/mol. The summed E-state index contributed by atoms with van der Waals surface area (Å²) in [6.45, 7) is 2.00. The monoisotopic (exact) mass is 447 g/mol. The second-order valence-corrected chi connectivity index (χ2v) is 9.46. The van der Waals surface area contributed by atoms with Gasteiger partial charge in [-0.05, 0) is 86.8 Å². The van der Waals surface area contributed by atoms with Crippen LogP contribution in [0.3, 0.4) is 0 Å². The highest BCUT2D eigenvalue weighted by atomic mass is 16.5. The number of ketones is 1. The summed E-state index contributed by atoms with van der Waals surface area (Å²) in [6.07, 6.45) is 6.72. The first kappa shape index (κ1) is 23.2. The summed E-state index contributed by atoms with van der Waals surface area (Å²) in [5.74, 6) is 2.25. The molecule has 33 heavy (non-hydrogen) atoms. The fourth-order valence-corrected chi connectivity index (χ4v) is 5.32. The minimum absolute atomic E-state index is 0.199.